The average molecular weight is 208 g/mol. The maximum atomic E-state index is 11.0. The summed E-state index contributed by atoms with van der Waals surface area (Å²) in [7, 11) is 0. The lowest BCUT2D eigenvalue weighted by Crippen LogP contribution is -2.18. The lowest BCUT2D eigenvalue weighted by molar-refractivity contribution is -0.146. The summed E-state index contributed by atoms with van der Waals surface area (Å²) in [4.78, 5) is 30.9. The summed E-state index contributed by atoms with van der Waals surface area (Å²) in [5, 5.41) is 4.43. The zero-order chi connectivity index (χ0) is 11.1. The molecular formula is C9H8N2O4. The highest BCUT2D eigenvalue weighted by atomic mass is 16.5. The van der Waals surface area contributed by atoms with Crippen molar-refractivity contribution < 1.29 is 9.53 Å². The first kappa shape index (κ1) is 11.0. The van der Waals surface area contributed by atoms with Gasteiger partial charge in [0.05, 0.1) is 0 Å². The van der Waals surface area contributed by atoms with E-state index in [4.69, 9.17) is 0 Å². The molecular weight excluding hydrogens is 200 g/mol. The van der Waals surface area contributed by atoms with E-state index in [-0.39, 0.29) is 6.61 Å². The SMILES string of the molecule is O=NC(N=O)C(=O)OCc1ccccc1. The molecule has 15 heavy (non-hydrogen) atoms. The molecule has 0 N–H and O–H groups in total. The van der Waals surface area contributed by atoms with Crippen molar-refractivity contribution in [2.45, 2.75) is 12.8 Å². The molecule has 0 aliphatic rings. The Hall–Kier alpha value is -2.11. The van der Waals surface area contributed by atoms with Crippen molar-refractivity contribution >= 4 is 5.97 Å². The molecule has 6 nitrogen and oxygen atoms in total. The predicted octanol–water partition coefficient (Wildman–Crippen LogP) is 1.59. The molecule has 0 aromatic heterocycles. The minimum Gasteiger partial charge on any atom is -0.458 e. The van der Waals surface area contributed by atoms with Crippen molar-refractivity contribution in [3.05, 3.63) is 45.7 Å². The highest BCUT2D eigenvalue weighted by molar-refractivity contribution is 5.75. The van der Waals surface area contributed by atoms with Crippen LogP contribution in [0.4, 0.5) is 0 Å². The minimum absolute atomic E-state index is 0.0127. The van der Waals surface area contributed by atoms with Gasteiger partial charge in [-0.25, -0.2) is 4.79 Å². The fourth-order valence-electron chi connectivity index (χ4n) is 0.909. The third kappa shape index (κ3) is 3.26. The number of hydrogen-bond donors (Lipinski definition) is 0. The second-order valence-electron chi connectivity index (χ2n) is 2.68. The third-order valence-electron chi connectivity index (χ3n) is 1.63. The summed E-state index contributed by atoms with van der Waals surface area (Å²) >= 11 is 0. The van der Waals surface area contributed by atoms with Crippen LogP contribution in [0.25, 0.3) is 0 Å². The van der Waals surface area contributed by atoms with Gasteiger partial charge in [0, 0.05) is 0 Å². The van der Waals surface area contributed by atoms with E-state index in [0.29, 0.717) is 0 Å². The van der Waals surface area contributed by atoms with Crippen LogP contribution in [-0.4, -0.2) is 12.1 Å². The summed E-state index contributed by atoms with van der Waals surface area (Å²) in [5.74, 6) is -1.04. The predicted molar refractivity (Wildman–Crippen MR) is 51.6 cm³/mol. The van der Waals surface area contributed by atoms with Gasteiger partial charge < -0.3 is 4.74 Å². The Kier molecular flexibility index (Phi) is 4.08. The molecule has 0 saturated carbocycles. The first-order chi connectivity index (χ1) is 7.27. The Labute approximate surface area is 85.2 Å². The third-order valence-corrected chi connectivity index (χ3v) is 1.63. The van der Waals surface area contributed by atoms with Crippen LogP contribution in [0.5, 0.6) is 0 Å². The van der Waals surface area contributed by atoms with Crippen LogP contribution in [0.15, 0.2) is 40.7 Å². The van der Waals surface area contributed by atoms with Crippen molar-refractivity contribution in [2.75, 3.05) is 0 Å². The van der Waals surface area contributed by atoms with Gasteiger partial charge in [-0.05, 0) is 15.9 Å². The normalized spacial score (nSPS) is 9.67. The summed E-state index contributed by atoms with van der Waals surface area (Å²) < 4.78 is 4.65. The highest BCUT2D eigenvalue weighted by Gasteiger charge is 2.21. The molecule has 0 heterocycles. The van der Waals surface area contributed by atoms with E-state index in [0.717, 1.165) is 5.56 Å². The molecule has 0 bridgehead atoms. The second kappa shape index (κ2) is 5.58. The van der Waals surface area contributed by atoms with Crippen molar-refractivity contribution in [3.63, 3.8) is 0 Å². The second-order valence-corrected chi connectivity index (χ2v) is 2.68. The van der Waals surface area contributed by atoms with Gasteiger partial charge >= 0.3 is 12.1 Å². The number of benzene rings is 1. The Morgan fingerprint density at radius 2 is 1.80 bits per heavy atom. The van der Waals surface area contributed by atoms with Crippen LogP contribution in [0.2, 0.25) is 0 Å². The lowest BCUT2D eigenvalue weighted by Gasteiger charge is -2.03. The van der Waals surface area contributed by atoms with Crippen molar-refractivity contribution in [1.82, 2.24) is 0 Å². The summed E-state index contributed by atoms with van der Waals surface area (Å²) in [6.07, 6.45) is -1.81. The maximum Gasteiger partial charge on any atom is 0.361 e. The van der Waals surface area contributed by atoms with Gasteiger partial charge in [0.2, 0.25) is 0 Å². The van der Waals surface area contributed by atoms with E-state index in [9.17, 15) is 14.6 Å². The molecule has 1 rings (SSSR count). The quantitative estimate of drug-likeness (QED) is 0.543. The molecule has 0 spiro atoms. The zero-order valence-electron chi connectivity index (χ0n) is 7.70. The number of carbonyl (C=O) groups excluding carboxylic acids is 1. The molecule has 1 aromatic rings. The Balaban J connectivity index is 2.47. The van der Waals surface area contributed by atoms with Gasteiger partial charge in [-0.1, -0.05) is 30.3 Å². The van der Waals surface area contributed by atoms with E-state index >= 15 is 0 Å². The minimum atomic E-state index is -1.81. The van der Waals surface area contributed by atoms with Crippen LogP contribution in [-0.2, 0) is 16.1 Å². The van der Waals surface area contributed by atoms with Crippen LogP contribution in [0.3, 0.4) is 0 Å². The molecule has 0 amide bonds. The molecule has 0 unspecified atom stereocenters. The Bertz CT molecular complexity index is 344. The highest BCUT2D eigenvalue weighted by Crippen LogP contribution is 2.03. The first-order valence-corrected chi connectivity index (χ1v) is 4.13. The van der Waals surface area contributed by atoms with E-state index in [1.807, 2.05) is 6.07 Å². The Morgan fingerprint density at radius 3 is 2.33 bits per heavy atom. The number of esters is 1. The number of nitrogens with zero attached hydrogens (tertiary/aromatic N) is 2. The van der Waals surface area contributed by atoms with E-state index in [1.54, 1.807) is 24.3 Å². The van der Waals surface area contributed by atoms with E-state index in [2.05, 4.69) is 15.1 Å². The number of hydrogen-bond acceptors (Lipinski definition) is 6. The fraction of sp³-hybridized carbons (Fsp3) is 0.222. The monoisotopic (exact) mass is 208 g/mol. The van der Waals surface area contributed by atoms with E-state index < -0.39 is 12.1 Å². The van der Waals surface area contributed by atoms with Gasteiger partial charge in [0.15, 0.2) is 0 Å². The van der Waals surface area contributed by atoms with Gasteiger partial charge in [-0.2, -0.15) is 0 Å². The molecule has 78 valence electrons. The van der Waals surface area contributed by atoms with Gasteiger partial charge in [0.1, 0.15) is 6.61 Å². The molecule has 0 atom stereocenters. The van der Waals surface area contributed by atoms with Gasteiger partial charge in [0.25, 0.3) is 0 Å². The van der Waals surface area contributed by atoms with Crippen molar-refractivity contribution in [3.8, 4) is 0 Å². The summed E-state index contributed by atoms with van der Waals surface area (Å²) in [6.45, 7) is -0.0127. The average Bonchev–Trinajstić information content (AvgIpc) is 2.29. The van der Waals surface area contributed by atoms with E-state index in [1.165, 1.54) is 0 Å². The molecule has 0 radical (unpaired) electrons. The van der Waals surface area contributed by atoms with Crippen LogP contribution < -0.4 is 0 Å². The lowest BCUT2D eigenvalue weighted by atomic mass is 10.2. The maximum absolute atomic E-state index is 11.0. The Morgan fingerprint density at radius 1 is 1.20 bits per heavy atom. The number of ether oxygens (including phenoxy) is 1. The van der Waals surface area contributed by atoms with Crippen molar-refractivity contribution in [1.29, 1.82) is 0 Å². The smallest absolute Gasteiger partial charge is 0.361 e. The zero-order valence-corrected chi connectivity index (χ0v) is 7.70. The van der Waals surface area contributed by atoms with Gasteiger partial charge in [-0.15, -0.1) is 9.81 Å². The van der Waals surface area contributed by atoms with Gasteiger partial charge in [-0.3, -0.25) is 0 Å². The topological polar surface area (TPSA) is 85.2 Å². The van der Waals surface area contributed by atoms with Crippen LogP contribution in [0.1, 0.15) is 5.56 Å². The number of carbonyl (C=O) groups is 1. The molecule has 0 saturated heterocycles. The molecule has 6 heteroatoms. The van der Waals surface area contributed by atoms with Crippen molar-refractivity contribution in [2.24, 2.45) is 10.4 Å². The van der Waals surface area contributed by atoms with Crippen LogP contribution >= 0.6 is 0 Å². The first-order valence-electron chi connectivity index (χ1n) is 4.13. The van der Waals surface area contributed by atoms with Crippen LogP contribution in [0, 0.1) is 9.81 Å². The standard InChI is InChI=1S/C9H8N2O4/c12-9(8(10-13)11-14)15-6-7-4-2-1-3-5-7/h1-5,8H,6H2. The molecule has 0 aliphatic heterocycles. The molecule has 1 aromatic carbocycles. The largest absolute Gasteiger partial charge is 0.458 e. The molecule has 0 fully saturated rings. The number of rotatable bonds is 5. The fourth-order valence-corrected chi connectivity index (χ4v) is 0.909. The molecule has 0 aliphatic carbocycles. The summed E-state index contributed by atoms with van der Waals surface area (Å²) in [6, 6.07) is 8.84. The summed E-state index contributed by atoms with van der Waals surface area (Å²) in [5.41, 5.74) is 0.751. The number of nitroso groups, excluding NO2 is 2.